The fourth-order valence-electron chi connectivity index (χ4n) is 2.21. The van der Waals surface area contributed by atoms with Crippen LogP contribution in [0.25, 0.3) is 0 Å². The number of hydrogen-bond donors (Lipinski definition) is 0. The average molecular weight is 301 g/mol. The van der Waals surface area contributed by atoms with Gasteiger partial charge in [0, 0.05) is 6.23 Å². The van der Waals surface area contributed by atoms with Gasteiger partial charge in [0.05, 0.1) is 8.07 Å². The van der Waals surface area contributed by atoms with E-state index >= 15 is 0 Å². The van der Waals surface area contributed by atoms with Gasteiger partial charge in [-0.15, -0.1) is 0 Å². The smallest absolute Gasteiger partial charge is 0.252 e. The van der Waals surface area contributed by atoms with Crippen LogP contribution in [0.2, 0.25) is 26.2 Å². The van der Waals surface area contributed by atoms with Crippen LogP contribution in [0.15, 0.2) is 60.7 Å². The predicted molar refractivity (Wildman–Crippen MR) is 93.1 cm³/mol. The summed E-state index contributed by atoms with van der Waals surface area (Å²) in [5.41, 5.74) is 0. The van der Waals surface area contributed by atoms with Crippen molar-refractivity contribution in [2.75, 3.05) is 6.23 Å². The molecular weight excluding hydrogens is 276 g/mol. The van der Waals surface area contributed by atoms with Crippen LogP contribution >= 0.6 is 0 Å². The second-order valence-electron chi connectivity index (χ2n) is 6.61. The maximum absolute atomic E-state index is 6.57. The monoisotopic (exact) mass is 300 g/mol. The van der Waals surface area contributed by atoms with Crippen LogP contribution in [0, 0.1) is 0 Å². The van der Waals surface area contributed by atoms with Gasteiger partial charge in [0.1, 0.15) is 0 Å². The van der Waals surface area contributed by atoms with E-state index in [-0.39, 0.29) is 0 Å². The highest BCUT2D eigenvalue weighted by Gasteiger charge is 2.35. The van der Waals surface area contributed by atoms with Crippen LogP contribution in [-0.2, 0) is 4.43 Å². The molecule has 20 heavy (non-hydrogen) atoms. The molecule has 1 nitrogen and oxygen atoms in total. The lowest BCUT2D eigenvalue weighted by Gasteiger charge is -2.31. The van der Waals surface area contributed by atoms with Gasteiger partial charge in [-0.05, 0) is 16.9 Å². The molecule has 0 aliphatic rings. The summed E-state index contributed by atoms with van der Waals surface area (Å²) in [5, 5.41) is 2.70. The van der Waals surface area contributed by atoms with Gasteiger partial charge in [-0.25, -0.2) is 0 Å². The molecule has 0 aliphatic carbocycles. The summed E-state index contributed by atoms with van der Waals surface area (Å²) in [5.74, 6) is 0. The minimum Gasteiger partial charge on any atom is -0.411 e. The lowest BCUT2D eigenvalue weighted by Crippen LogP contribution is -2.59. The van der Waals surface area contributed by atoms with Crippen molar-refractivity contribution < 1.29 is 4.43 Å². The zero-order chi connectivity index (χ0) is 14.6. The second-order valence-corrected chi connectivity index (χ2v) is 15.5. The van der Waals surface area contributed by atoms with Crippen molar-refractivity contribution in [1.29, 1.82) is 0 Å². The van der Waals surface area contributed by atoms with Crippen LogP contribution in [0.1, 0.15) is 0 Å². The van der Waals surface area contributed by atoms with Crippen molar-refractivity contribution in [3.05, 3.63) is 60.7 Å². The highest BCUT2D eigenvalue weighted by Crippen LogP contribution is 2.11. The van der Waals surface area contributed by atoms with Crippen molar-refractivity contribution in [3.63, 3.8) is 0 Å². The van der Waals surface area contributed by atoms with Crippen molar-refractivity contribution >= 4 is 26.8 Å². The molecule has 0 aliphatic heterocycles. The zero-order valence-electron chi connectivity index (χ0n) is 12.9. The van der Waals surface area contributed by atoms with Gasteiger partial charge in [-0.3, -0.25) is 0 Å². The molecule has 0 spiro atoms. The van der Waals surface area contributed by atoms with E-state index in [0.717, 1.165) is 6.23 Å². The second kappa shape index (κ2) is 6.08. The molecule has 2 aromatic carbocycles. The SMILES string of the molecule is C[Si](C)(C)CO[Si](C)(c1ccccc1)c1ccccc1. The average Bonchev–Trinajstić information content (AvgIpc) is 2.46. The summed E-state index contributed by atoms with van der Waals surface area (Å²) in [7, 11) is -3.30. The lowest BCUT2D eigenvalue weighted by molar-refractivity contribution is 0.383. The van der Waals surface area contributed by atoms with Gasteiger partial charge in [0.15, 0.2) is 0 Å². The highest BCUT2D eigenvalue weighted by molar-refractivity contribution is 6.97. The summed E-state index contributed by atoms with van der Waals surface area (Å²) >= 11 is 0. The summed E-state index contributed by atoms with van der Waals surface area (Å²) in [6, 6.07) is 21.4. The van der Waals surface area contributed by atoms with E-state index in [2.05, 4.69) is 86.9 Å². The fourth-order valence-corrected chi connectivity index (χ4v) is 7.42. The van der Waals surface area contributed by atoms with Crippen LogP contribution in [0.5, 0.6) is 0 Å². The number of benzene rings is 2. The molecule has 0 heterocycles. The first-order valence-corrected chi connectivity index (χ1v) is 13.3. The Balaban J connectivity index is 2.39. The summed E-state index contributed by atoms with van der Waals surface area (Å²) in [6.07, 6.45) is 0.916. The summed E-state index contributed by atoms with van der Waals surface area (Å²) in [4.78, 5) is 0. The summed E-state index contributed by atoms with van der Waals surface area (Å²) in [6.45, 7) is 9.39. The van der Waals surface area contributed by atoms with Gasteiger partial charge in [0.25, 0.3) is 8.32 Å². The molecule has 3 heteroatoms. The molecule has 0 unspecified atom stereocenters. The Labute approximate surface area is 124 Å². The number of rotatable bonds is 5. The third kappa shape index (κ3) is 3.69. The first-order valence-electron chi connectivity index (χ1n) is 7.17. The first-order chi connectivity index (χ1) is 9.42. The van der Waals surface area contributed by atoms with Gasteiger partial charge in [-0.2, -0.15) is 0 Å². The molecule has 0 bridgehead atoms. The molecule has 0 fully saturated rings. The third-order valence-corrected chi connectivity index (χ3v) is 8.33. The molecule has 106 valence electrons. The topological polar surface area (TPSA) is 9.23 Å². The molecule has 0 amide bonds. The largest absolute Gasteiger partial charge is 0.411 e. The molecule has 0 aromatic heterocycles. The Morgan fingerprint density at radius 1 is 0.700 bits per heavy atom. The Hall–Kier alpha value is -1.17. The fraction of sp³-hybridized carbons (Fsp3) is 0.294. The standard InChI is InChI=1S/C17H24OSi2/c1-19(2,3)15-18-20(4,16-11-7-5-8-12-16)17-13-9-6-10-14-17/h5-14H,15H2,1-4H3. The minimum absolute atomic E-state index is 0.916. The predicted octanol–water partition coefficient (Wildman–Crippen LogP) is 3.27. The van der Waals surface area contributed by atoms with Gasteiger partial charge >= 0.3 is 0 Å². The normalized spacial score (nSPS) is 12.4. The maximum atomic E-state index is 6.57. The molecule has 0 atom stereocenters. The van der Waals surface area contributed by atoms with E-state index in [1.807, 2.05) is 0 Å². The molecule has 0 saturated heterocycles. The molecular formula is C17H24OSi2. The highest BCUT2D eigenvalue weighted by atomic mass is 28.4. The first kappa shape index (κ1) is 15.2. The van der Waals surface area contributed by atoms with Gasteiger partial charge in [-0.1, -0.05) is 80.3 Å². The Morgan fingerprint density at radius 3 is 1.45 bits per heavy atom. The van der Waals surface area contributed by atoms with Gasteiger partial charge in [0.2, 0.25) is 0 Å². The van der Waals surface area contributed by atoms with Crippen LogP contribution < -0.4 is 10.4 Å². The quantitative estimate of drug-likeness (QED) is 0.770. The molecule has 0 saturated carbocycles. The molecule has 0 radical (unpaired) electrons. The Kier molecular flexibility index (Phi) is 4.63. The van der Waals surface area contributed by atoms with Crippen LogP contribution in [0.4, 0.5) is 0 Å². The zero-order valence-corrected chi connectivity index (χ0v) is 14.9. The lowest BCUT2D eigenvalue weighted by atomic mass is 10.4. The van der Waals surface area contributed by atoms with E-state index in [1.54, 1.807) is 0 Å². The molecule has 2 aromatic rings. The van der Waals surface area contributed by atoms with Crippen LogP contribution in [-0.4, -0.2) is 22.6 Å². The summed E-state index contributed by atoms with van der Waals surface area (Å²) < 4.78 is 6.57. The van der Waals surface area contributed by atoms with E-state index < -0.39 is 16.4 Å². The number of hydrogen-bond acceptors (Lipinski definition) is 1. The van der Waals surface area contributed by atoms with Gasteiger partial charge < -0.3 is 4.43 Å². The van der Waals surface area contributed by atoms with Crippen molar-refractivity contribution in [3.8, 4) is 0 Å². The molecule has 2 rings (SSSR count). The van der Waals surface area contributed by atoms with E-state index in [0.29, 0.717) is 0 Å². The van der Waals surface area contributed by atoms with Crippen molar-refractivity contribution in [2.45, 2.75) is 26.2 Å². The Bertz CT molecular complexity index is 492. The van der Waals surface area contributed by atoms with E-state index in [9.17, 15) is 0 Å². The van der Waals surface area contributed by atoms with E-state index in [4.69, 9.17) is 4.43 Å². The maximum Gasteiger partial charge on any atom is 0.252 e. The van der Waals surface area contributed by atoms with Crippen molar-refractivity contribution in [2.24, 2.45) is 0 Å². The third-order valence-electron chi connectivity index (χ3n) is 3.44. The van der Waals surface area contributed by atoms with Crippen molar-refractivity contribution in [1.82, 2.24) is 0 Å². The van der Waals surface area contributed by atoms with E-state index in [1.165, 1.54) is 10.4 Å². The van der Waals surface area contributed by atoms with Crippen LogP contribution in [0.3, 0.4) is 0 Å². The molecule has 0 N–H and O–H groups in total. The minimum atomic E-state index is -2.08. The Morgan fingerprint density at radius 2 is 1.10 bits per heavy atom.